The summed E-state index contributed by atoms with van der Waals surface area (Å²) in [6.07, 6.45) is 7.13. The van der Waals surface area contributed by atoms with Crippen LogP contribution in [0.5, 0.6) is 0 Å². The lowest BCUT2D eigenvalue weighted by Crippen LogP contribution is -2.44. The smallest absolute Gasteiger partial charge is 0.0585 e. The molecule has 1 fully saturated rings. The Bertz CT molecular complexity index is 179. The molecular formula is C13H27NOS. The highest BCUT2D eigenvalue weighted by Crippen LogP contribution is 2.28. The first-order valence-electron chi connectivity index (χ1n) is 6.51. The minimum absolute atomic E-state index is 0.278. The van der Waals surface area contributed by atoms with E-state index in [1.807, 2.05) is 11.8 Å². The lowest BCUT2D eigenvalue weighted by Gasteiger charge is -2.34. The number of rotatable bonds is 6. The van der Waals surface area contributed by atoms with E-state index in [0.29, 0.717) is 12.1 Å². The number of aliphatic hydroxyl groups excluding tert-OH is 1. The van der Waals surface area contributed by atoms with E-state index in [2.05, 4.69) is 25.4 Å². The molecule has 2 nitrogen and oxygen atoms in total. The highest BCUT2D eigenvalue weighted by molar-refractivity contribution is 7.98. The van der Waals surface area contributed by atoms with Gasteiger partial charge in [-0.1, -0.05) is 13.8 Å². The van der Waals surface area contributed by atoms with Gasteiger partial charge in [0.25, 0.3) is 0 Å². The molecule has 0 amide bonds. The van der Waals surface area contributed by atoms with Crippen molar-refractivity contribution in [2.24, 2.45) is 11.8 Å². The van der Waals surface area contributed by atoms with Crippen molar-refractivity contribution in [1.29, 1.82) is 0 Å². The number of aliphatic hydroxyl groups is 1. The summed E-state index contributed by atoms with van der Waals surface area (Å²) in [7, 11) is 0. The van der Waals surface area contributed by atoms with Crippen molar-refractivity contribution in [3.63, 3.8) is 0 Å². The van der Waals surface area contributed by atoms with Gasteiger partial charge in [-0.15, -0.1) is 0 Å². The second kappa shape index (κ2) is 7.57. The molecule has 0 aromatic heterocycles. The van der Waals surface area contributed by atoms with Crippen molar-refractivity contribution < 1.29 is 5.11 Å². The second-order valence-electron chi connectivity index (χ2n) is 5.44. The van der Waals surface area contributed by atoms with Crippen LogP contribution in [0.25, 0.3) is 0 Å². The first-order chi connectivity index (χ1) is 7.65. The zero-order valence-corrected chi connectivity index (χ0v) is 11.7. The summed E-state index contributed by atoms with van der Waals surface area (Å²) in [5.74, 6) is 2.80. The molecular weight excluding hydrogens is 218 g/mol. The Morgan fingerprint density at radius 1 is 1.25 bits per heavy atom. The van der Waals surface area contributed by atoms with Crippen LogP contribution in [-0.4, -0.2) is 35.8 Å². The summed E-state index contributed by atoms with van der Waals surface area (Å²) < 4.78 is 0. The first kappa shape index (κ1) is 14.3. The predicted octanol–water partition coefficient (Wildman–Crippen LogP) is 2.51. The van der Waals surface area contributed by atoms with Crippen LogP contribution in [0.2, 0.25) is 0 Å². The van der Waals surface area contributed by atoms with Gasteiger partial charge in [0.05, 0.1) is 6.61 Å². The van der Waals surface area contributed by atoms with Gasteiger partial charge in [-0.2, -0.15) is 11.8 Å². The fourth-order valence-electron chi connectivity index (χ4n) is 2.90. The highest BCUT2D eigenvalue weighted by atomic mass is 32.2. The summed E-state index contributed by atoms with van der Waals surface area (Å²) in [5, 5.41) is 13.0. The minimum atomic E-state index is 0.278. The average Bonchev–Trinajstić information content (AvgIpc) is 2.22. The molecule has 0 bridgehead atoms. The minimum Gasteiger partial charge on any atom is -0.395 e. The lowest BCUT2D eigenvalue weighted by atomic mass is 9.80. The summed E-state index contributed by atoms with van der Waals surface area (Å²) >= 11 is 1.86. The van der Waals surface area contributed by atoms with Gasteiger partial charge in [-0.05, 0) is 49.5 Å². The molecule has 0 radical (unpaired) electrons. The monoisotopic (exact) mass is 245 g/mol. The topological polar surface area (TPSA) is 32.3 Å². The van der Waals surface area contributed by atoms with Gasteiger partial charge in [0.15, 0.2) is 0 Å². The van der Waals surface area contributed by atoms with Crippen molar-refractivity contribution in [3.8, 4) is 0 Å². The van der Waals surface area contributed by atoms with Crippen LogP contribution in [0, 0.1) is 11.8 Å². The molecule has 1 aliphatic carbocycles. The van der Waals surface area contributed by atoms with Crippen LogP contribution < -0.4 is 5.32 Å². The van der Waals surface area contributed by atoms with E-state index in [1.165, 1.54) is 19.3 Å². The molecule has 0 saturated heterocycles. The predicted molar refractivity (Wildman–Crippen MR) is 73.0 cm³/mol. The van der Waals surface area contributed by atoms with Crippen molar-refractivity contribution in [3.05, 3.63) is 0 Å². The normalized spacial score (nSPS) is 32.6. The van der Waals surface area contributed by atoms with Crippen LogP contribution in [0.15, 0.2) is 0 Å². The number of thioether (sulfide) groups is 1. The van der Waals surface area contributed by atoms with Crippen molar-refractivity contribution in [2.45, 2.75) is 51.6 Å². The largest absolute Gasteiger partial charge is 0.395 e. The average molecular weight is 245 g/mol. The molecule has 1 saturated carbocycles. The van der Waals surface area contributed by atoms with Gasteiger partial charge in [0, 0.05) is 12.1 Å². The van der Waals surface area contributed by atoms with E-state index in [-0.39, 0.29) is 6.61 Å². The summed E-state index contributed by atoms with van der Waals surface area (Å²) in [5.41, 5.74) is 0. The fraction of sp³-hybridized carbons (Fsp3) is 1.00. The Hall–Kier alpha value is 0.270. The third-order valence-electron chi connectivity index (χ3n) is 3.54. The van der Waals surface area contributed by atoms with Crippen molar-refractivity contribution >= 4 is 11.8 Å². The van der Waals surface area contributed by atoms with Crippen LogP contribution in [-0.2, 0) is 0 Å². The molecule has 16 heavy (non-hydrogen) atoms. The Kier molecular flexibility index (Phi) is 6.78. The molecule has 0 aliphatic heterocycles. The molecule has 3 heteroatoms. The fourth-order valence-corrected chi connectivity index (χ4v) is 3.42. The first-order valence-corrected chi connectivity index (χ1v) is 7.91. The van der Waals surface area contributed by atoms with Gasteiger partial charge in [0.2, 0.25) is 0 Å². The number of hydrogen-bond acceptors (Lipinski definition) is 3. The molecule has 3 atom stereocenters. The zero-order chi connectivity index (χ0) is 12.0. The van der Waals surface area contributed by atoms with Crippen molar-refractivity contribution in [2.75, 3.05) is 18.6 Å². The summed E-state index contributed by atoms with van der Waals surface area (Å²) in [6.45, 7) is 4.97. The van der Waals surface area contributed by atoms with E-state index >= 15 is 0 Å². The molecule has 1 rings (SSSR count). The van der Waals surface area contributed by atoms with E-state index in [0.717, 1.165) is 24.0 Å². The molecule has 0 aromatic carbocycles. The van der Waals surface area contributed by atoms with Gasteiger partial charge < -0.3 is 10.4 Å². The number of nitrogens with one attached hydrogen (secondary N) is 1. The maximum atomic E-state index is 9.34. The van der Waals surface area contributed by atoms with E-state index in [9.17, 15) is 5.11 Å². The summed E-state index contributed by atoms with van der Waals surface area (Å²) in [6, 6.07) is 0.924. The molecule has 0 spiro atoms. The molecule has 96 valence electrons. The molecule has 1 aliphatic rings. The molecule has 0 heterocycles. The second-order valence-corrected chi connectivity index (χ2v) is 6.43. The third kappa shape index (κ3) is 5.07. The highest BCUT2D eigenvalue weighted by Gasteiger charge is 2.25. The maximum absolute atomic E-state index is 9.34. The van der Waals surface area contributed by atoms with Crippen LogP contribution in [0.1, 0.15) is 39.5 Å². The van der Waals surface area contributed by atoms with Gasteiger partial charge in [-0.3, -0.25) is 0 Å². The Morgan fingerprint density at radius 2 is 1.88 bits per heavy atom. The zero-order valence-electron chi connectivity index (χ0n) is 10.9. The van der Waals surface area contributed by atoms with Crippen LogP contribution >= 0.6 is 11.8 Å². The lowest BCUT2D eigenvalue weighted by molar-refractivity contribution is 0.184. The summed E-state index contributed by atoms with van der Waals surface area (Å²) in [4.78, 5) is 0. The molecule has 0 aromatic rings. The van der Waals surface area contributed by atoms with Crippen LogP contribution in [0.4, 0.5) is 0 Å². The van der Waals surface area contributed by atoms with E-state index < -0.39 is 0 Å². The van der Waals surface area contributed by atoms with Crippen LogP contribution in [0.3, 0.4) is 0 Å². The number of hydrogen-bond donors (Lipinski definition) is 2. The van der Waals surface area contributed by atoms with Gasteiger partial charge >= 0.3 is 0 Å². The standard InChI is InChI=1S/C13H27NOS/c1-10-6-11(2)8-13(7-10)14-12(9-15)4-5-16-3/h10-15H,4-9H2,1-3H3. The molecule has 2 N–H and O–H groups in total. The Morgan fingerprint density at radius 3 is 2.38 bits per heavy atom. The van der Waals surface area contributed by atoms with E-state index in [1.54, 1.807) is 0 Å². The quantitative estimate of drug-likeness (QED) is 0.754. The molecule has 3 unspecified atom stereocenters. The maximum Gasteiger partial charge on any atom is 0.0585 e. The Balaban J connectivity index is 2.32. The third-order valence-corrected chi connectivity index (χ3v) is 4.18. The van der Waals surface area contributed by atoms with Gasteiger partial charge in [-0.25, -0.2) is 0 Å². The SMILES string of the molecule is CSCCC(CO)NC1CC(C)CC(C)C1. The van der Waals surface area contributed by atoms with Gasteiger partial charge in [0.1, 0.15) is 0 Å². The van der Waals surface area contributed by atoms with Crippen molar-refractivity contribution in [1.82, 2.24) is 5.32 Å². The van der Waals surface area contributed by atoms with E-state index in [4.69, 9.17) is 0 Å². The Labute approximate surface area is 105 Å².